The van der Waals surface area contributed by atoms with Crippen LogP contribution in [0.25, 0.3) is 0 Å². The predicted molar refractivity (Wildman–Crippen MR) is 135 cm³/mol. The van der Waals surface area contributed by atoms with Crippen LogP contribution in [0.1, 0.15) is 39.7 Å². The van der Waals surface area contributed by atoms with Gasteiger partial charge in [-0.3, -0.25) is 4.79 Å². The maximum absolute atomic E-state index is 11.8. The molecule has 0 bridgehead atoms. The minimum atomic E-state index is -0.154. The first-order valence-corrected chi connectivity index (χ1v) is 11.7. The van der Waals surface area contributed by atoms with Gasteiger partial charge in [-0.05, 0) is 54.9 Å². The molecule has 3 unspecified atom stereocenters. The molecular weight excluding hydrogens is 408 g/mol. The first-order valence-electron chi connectivity index (χ1n) is 11.7. The van der Waals surface area contributed by atoms with E-state index in [0.717, 1.165) is 30.2 Å². The monoisotopic (exact) mass is 442 g/mol. The normalized spacial score (nSPS) is 21.4. The molecule has 0 saturated carbocycles. The van der Waals surface area contributed by atoms with Gasteiger partial charge < -0.3 is 15.0 Å². The number of amides is 1. The van der Waals surface area contributed by atoms with Crippen molar-refractivity contribution < 1.29 is 9.53 Å². The maximum Gasteiger partial charge on any atom is 0.217 e. The summed E-state index contributed by atoms with van der Waals surface area (Å²) in [6.45, 7) is 8.40. The fourth-order valence-corrected chi connectivity index (χ4v) is 5.08. The molecule has 4 nitrogen and oxygen atoms in total. The highest BCUT2D eigenvalue weighted by atomic mass is 16.5. The Kier molecular flexibility index (Phi) is 6.46. The number of hydrogen-bond acceptors (Lipinski definition) is 3. The van der Waals surface area contributed by atoms with Crippen LogP contribution in [0.2, 0.25) is 0 Å². The number of rotatable bonds is 6. The van der Waals surface area contributed by atoms with Crippen molar-refractivity contribution in [1.29, 1.82) is 0 Å². The second kappa shape index (κ2) is 9.30. The van der Waals surface area contributed by atoms with Gasteiger partial charge in [0, 0.05) is 14.0 Å². The number of hydrogen-bond donors (Lipinski definition) is 1. The third-order valence-corrected chi connectivity index (χ3v) is 7.14. The van der Waals surface area contributed by atoms with E-state index in [-0.39, 0.29) is 23.3 Å². The first-order chi connectivity index (χ1) is 15.8. The molecule has 1 amide bonds. The Morgan fingerprint density at radius 3 is 2.61 bits per heavy atom. The number of nitrogens with one attached hydrogen (secondary N) is 1. The Balaban J connectivity index is 1.71. The van der Waals surface area contributed by atoms with Crippen molar-refractivity contribution in [2.45, 2.75) is 46.6 Å². The molecule has 2 aliphatic rings. The number of anilines is 1. The van der Waals surface area contributed by atoms with Crippen LogP contribution in [0, 0.1) is 11.3 Å². The van der Waals surface area contributed by atoms with Crippen LogP contribution in [0.5, 0.6) is 5.75 Å². The molecule has 0 aromatic heterocycles. The number of benzene rings is 2. The average Bonchev–Trinajstić information content (AvgIpc) is 3.10. The lowest BCUT2D eigenvalue weighted by atomic mass is 9.64. The van der Waals surface area contributed by atoms with E-state index in [4.69, 9.17) is 4.74 Å². The number of fused-ring (bicyclic) bond motifs is 1. The van der Waals surface area contributed by atoms with Gasteiger partial charge in [-0.15, -0.1) is 0 Å². The summed E-state index contributed by atoms with van der Waals surface area (Å²) in [5, 5.41) is 3.09. The van der Waals surface area contributed by atoms with E-state index in [2.05, 4.69) is 92.7 Å². The second-order valence-electron chi connectivity index (χ2n) is 9.53. The quantitative estimate of drug-likeness (QED) is 0.594. The largest absolute Gasteiger partial charge is 0.439 e. The Morgan fingerprint density at radius 1 is 1.21 bits per heavy atom. The molecule has 0 radical (unpaired) electrons. The fraction of sp³-hybridized carbons (Fsp3) is 0.345. The molecule has 2 aromatic rings. The van der Waals surface area contributed by atoms with Crippen LogP contribution >= 0.6 is 0 Å². The topological polar surface area (TPSA) is 41.6 Å². The number of ether oxygens (including phenoxy) is 1. The summed E-state index contributed by atoms with van der Waals surface area (Å²) in [5.41, 5.74) is 4.90. The summed E-state index contributed by atoms with van der Waals surface area (Å²) in [4.78, 5) is 13.9. The summed E-state index contributed by atoms with van der Waals surface area (Å²) in [7, 11) is 2.06. The van der Waals surface area contributed by atoms with Crippen LogP contribution < -0.4 is 15.0 Å². The van der Waals surface area contributed by atoms with Crippen molar-refractivity contribution >= 4 is 11.6 Å². The highest BCUT2D eigenvalue weighted by molar-refractivity contribution is 5.73. The Labute approximate surface area is 197 Å². The molecule has 1 aliphatic heterocycles. The molecule has 1 aliphatic carbocycles. The molecule has 0 saturated heterocycles. The van der Waals surface area contributed by atoms with Crippen molar-refractivity contribution in [2.75, 3.05) is 11.9 Å². The Bertz CT molecular complexity index is 1120. The van der Waals surface area contributed by atoms with Gasteiger partial charge in [0.1, 0.15) is 0 Å². The number of carbonyl (C=O) groups excluding carboxylic acids is 1. The zero-order valence-electron chi connectivity index (χ0n) is 20.3. The maximum atomic E-state index is 11.8. The number of nitrogens with zero attached hydrogens (tertiary/aromatic N) is 1. The van der Waals surface area contributed by atoms with Gasteiger partial charge in [-0.25, -0.2) is 0 Å². The SMILES string of the molecule is CC(=O)NC1C=CC(C)=C(C(C)(Cc2ccccc2)C(C)/C=C2\Oc3ccccc3N2C)C1. The van der Waals surface area contributed by atoms with Crippen LogP contribution in [0.4, 0.5) is 5.69 Å². The minimum Gasteiger partial charge on any atom is -0.439 e. The molecule has 3 atom stereocenters. The van der Waals surface area contributed by atoms with E-state index in [1.165, 1.54) is 16.7 Å². The molecule has 1 heterocycles. The zero-order chi connectivity index (χ0) is 23.6. The zero-order valence-corrected chi connectivity index (χ0v) is 20.3. The molecule has 4 rings (SSSR count). The molecule has 4 heteroatoms. The lowest BCUT2D eigenvalue weighted by Gasteiger charge is -2.41. The van der Waals surface area contributed by atoms with E-state index in [1.54, 1.807) is 6.92 Å². The standard InChI is InChI=1S/C29H34N2O2/c1-20-15-16-24(30-22(3)32)18-25(20)29(4,19-23-11-7-6-8-12-23)21(2)17-28-31(5)26-13-9-10-14-27(26)33-28/h6-17,21,24H,18-19H2,1-5H3,(H,30,32)/b28-17-. The van der Waals surface area contributed by atoms with Crippen LogP contribution in [0.15, 0.2) is 89.9 Å². The van der Waals surface area contributed by atoms with Gasteiger partial charge in [0.2, 0.25) is 5.91 Å². The molecule has 172 valence electrons. The van der Waals surface area contributed by atoms with Crippen molar-refractivity contribution in [1.82, 2.24) is 5.32 Å². The number of carbonyl (C=O) groups is 1. The van der Waals surface area contributed by atoms with Gasteiger partial charge in [-0.2, -0.15) is 0 Å². The Morgan fingerprint density at radius 2 is 1.91 bits per heavy atom. The Hall–Kier alpha value is -3.27. The lowest BCUT2D eigenvalue weighted by molar-refractivity contribution is -0.119. The highest BCUT2D eigenvalue weighted by Crippen LogP contribution is 2.46. The van der Waals surface area contributed by atoms with Crippen molar-refractivity contribution in [3.8, 4) is 5.75 Å². The number of para-hydroxylation sites is 2. The van der Waals surface area contributed by atoms with Gasteiger partial charge in [0.25, 0.3) is 0 Å². The van der Waals surface area contributed by atoms with Gasteiger partial charge in [-0.1, -0.05) is 79.6 Å². The number of allylic oxidation sites excluding steroid dienone is 3. The van der Waals surface area contributed by atoms with E-state index >= 15 is 0 Å². The van der Waals surface area contributed by atoms with Gasteiger partial charge in [0.15, 0.2) is 11.6 Å². The molecule has 2 aromatic carbocycles. The van der Waals surface area contributed by atoms with Crippen LogP contribution in [0.3, 0.4) is 0 Å². The lowest BCUT2D eigenvalue weighted by Crippen LogP contribution is -2.38. The minimum absolute atomic E-state index is 0.00206. The summed E-state index contributed by atoms with van der Waals surface area (Å²) in [6, 6.07) is 18.8. The average molecular weight is 443 g/mol. The summed E-state index contributed by atoms with van der Waals surface area (Å²) >= 11 is 0. The van der Waals surface area contributed by atoms with Crippen LogP contribution in [-0.4, -0.2) is 19.0 Å². The molecular formula is C29H34N2O2. The molecule has 0 spiro atoms. The molecule has 33 heavy (non-hydrogen) atoms. The highest BCUT2D eigenvalue weighted by Gasteiger charge is 2.38. The van der Waals surface area contributed by atoms with Crippen molar-refractivity contribution in [3.63, 3.8) is 0 Å². The van der Waals surface area contributed by atoms with Gasteiger partial charge in [0.05, 0.1) is 11.7 Å². The first kappa shape index (κ1) is 22.9. The van der Waals surface area contributed by atoms with Crippen molar-refractivity contribution in [2.24, 2.45) is 11.3 Å². The second-order valence-corrected chi connectivity index (χ2v) is 9.53. The fourth-order valence-electron chi connectivity index (χ4n) is 5.08. The molecule has 0 fully saturated rings. The van der Waals surface area contributed by atoms with Crippen LogP contribution in [-0.2, 0) is 11.2 Å². The summed E-state index contributed by atoms with van der Waals surface area (Å²) in [6.07, 6.45) is 8.25. The third-order valence-electron chi connectivity index (χ3n) is 7.14. The summed E-state index contributed by atoms with van der Waals surface area (Å²) < 4.78 is 6.22. The predicted octanol–water partition coefficient (Wildman–Crippen LogP) is 6.02. The van der Waals surface area contributed by atoms with E-state index in [9.17, 15) is 4.79 Å². The van der Waals surface area contributed by atoms with Crippen molar-refractivity contribution in [3.05, 3.63) is 95.4 Å². The van der Waals surface area contributed by atoms with E-state index < -0.39 is 0 Å². The molecule has 1 N–H and O–H groups in total. The van der Waals surface area contributed by atoms with Gasteiger partial charge >= 0.3 is 0 Å². The van der Waals surface area contributed by atoms with E-state index in [1.807, 2.05) is 18.2 Å². The smallest absolute Gasteiger partial charge is 0.217 e. The van der Waals surface area contributed by atoms with E-state index in [0.29, 0.717) is 0 Å². The summed E-state index contributed by atoms with van der Waals surface area (Å²) in [5.74, 6) is 1.96. The third kappa shape index (κ3) is 4.75.